The quantitative estimate of drug-likeness (QED) is 0.795. The largest absolute Gasteiger partial charge is 0.480 e. The van der Waals surface area contributed by atoms with E-state index in [9.17, 15) is 14.7 Å². The zero-order chi connectivity index (χ0) is 13.6. The highest BCUT2D eigenvalue weighted by Gasteiger charge is 2.43. The van der Waals surface area contributed by atoms with Crippen LogP contribution in [0.2, 0.25) is 0 Å². The average Bonchev–Trinajstić information content (AvgIpc) is 3.02. The standard InChI is InChI=1S/C14H21NO4/c16-11-6-12(14(18)19)15(7-11)13(17)5-10-4-8-1-2-9(10)3-8/h8-12,16H,1-7H2,(H,18,19)/t8?,9?,10?,11-,12+/m1/s1. The molecule has 2 bridgehead atoms. The minimum absolute atomic E-state index is 0.0819. The van der Waals surface area contributed by atoms with Gasteiger partial charge in [-0.2, -0.15) is 0 Å². The molecule has 106 valence electrons. The molecule has 1 saturated heterocycles. The molecule has 5 heteroatoms. The summed E-state index contributed by atoms with van der Waals surface area (Å²) in [6, 6.07) is -0.832. The number of hydrogen-bond donors (Lipinski definition) is 2. The monoisotopic (exact) mass is 267 g/mol. The summed E-state index contributed by atoms with van der Waals surface area (Å²) in [6.45, 7) is 0.177. The van der Waals surface area contributed by atoms with Gasteiger partial charge in [0.2, 0.25) is 5.91 Å². The molecule has 5 atom stereocenters. The van der Waals surface area contributed by atoms with Crippen molar-refractivity contribution in [1.82, 2.24) is 4.90 Å². The van der Waals surface area contributed by atoms with Crippen LogP contribution < -0.4 is 0 Å². The van der Waals surface area contributed by atoms with Gasteiger partial charge in [0.15, 0.2) is 0 Å². The SMILES string of the molecule is O=C(O)[C@@H]1C[C@@H](O)CN1C(=O)CC1CC2CCC1C2. The van der Waals surface area contributed by atoms with Crippen molar-refractivity contribution < 1.29 is 19.8 Å². The van der Waals surface area contributed by atoms with E-state index < -0.39 is 18.1 Å². The number of carbonyl (C=O) groups is 2. The van der Waals surface area contributed by atoms with Crippen molar-refractivity contribution in [3.8, 4) is 0 Å². The smallest absolute Gasteiger partial charge is 0.326 e. The van der Waals surface area contributed by atoms with E-state index in [4.69, 9.17) is 5.11 Å². The van der Waals surface area contributed by atoms with Crippen molar-refractivity contribution >= 4 is 11.9 Å². The summed E-state index contributed by atoms with van der Waals surface area (Å²) in [5.41, 5.74) is 0. The molecule has 0 radical (unpaired) electrons. The minimum Gasteiger partial charge on any atom is -0.480 e. The highest BCUT2D eigenvalue weighted by atomic mass is 16.4. The second-order valence-electron chi connectivity index (χ2n) is 6.43. The number of likely N-dealkylation sites (tertiary alicyclic amines) is 1. The number of aliphatic hydroxyl groups excluding tert-OH is 1. The van der Waals surface area contributed by atoms with Crippen LogP contribution in [0.4, 0.5) is 0 Å². The van der Waals surface area contributed by atoms with Gasteiger partial charge in [-0.25, -0.2) is 4.79 Å². The molecule has 2 saturated carbocycles. The van der Waals surface area contributed by atoms with Gasteiger partial charge in [-0.1, -0.05) is 6.42 Å². The second kappa shape index (κ2) is 4.78. The van der Waals surface area contributed by atoms with Crippen LogP contribution in [-0.4, -0.2) is 45.7 Å². The van der Waals surface area contributed by atoms with Crippen LogP contribution in [-0.2, 0) is 9.59 Å². The maximum absolute atomic E-state index is 12.3. The van der Waals surface area contributed by atoms with Crippen LogP contribution in [0.5, 0.6) is 0 Å². The molecular formula is C14H21NO4. The number of rotatable bonds is 3. The molecule has 1 aliphatic heterocycles. The van der Waals surface area contributed by atoms with Crippen molar-refractivity contribution in [2.24, 2.45) is 17.8 Å². The fraction of sp³-hybridized carbons (Fsp3) is 0.857. The summed E-state index contributed by atoms with van der Waals surface area (Å²) in [4.78, 5) is 24.8. The summed E-state index contributed by atoms with van der Waals surface area (Å²) in [6.07, 6.45) is 4.86. The van der Waals surface area contributed by atoms with Gasteiger partial charge in [-0.15, -0.1) is 0 Å². The molecule has 0 spiro atoms. The van der Waals surface area contributed by atoms with E-state index in [1.807, 2.05) is 0 Å². The first-order valence-electron chi connectivity index (χ1n) is 7.25. The first-order valence-corrected chi connectivity index (χ1v) is 7.25. The zero-order valence-corrected chi connectivity index (χ0v) is 11.0. The molecular weight excluding hydrogens is 246 g/mol. The lowest BCUT2D eigenvalue weighted by molar-refractivity contribution is -0.148. The first-order chi connectivity index (χ1) is 9.04. The number of amides is 1. The highest BCUT2D eigenvalue weighted by Crippen LogP contribution is 2.49. The molecule has 1 amide bonds. The van der Waals surface area contributed by atoms with E-state index >= 15 is 0 Å². The summed E-state index contributed by atoms with van der Waals surface area (Å²) < 4.78 is 0. The maximum atomic E-state index is 12.3. The number of aliphatic hydroxyl groups is 1. The van der Waals surface area contributed by atoms with Gasteiger partial charge in [0.1, 0.15) is 6.04 Å². The van der Waals surface area contributed by atoms with E-state index in [1.165, 1.54) is 24.2 Å². The van der Waals surface area contributed by atoms with Gasteiger partial charge in [-0.05, 0) is 37.0 Å². The third kappa shape index (κ3) is 2.36. The first kappa shape index (κ1) is 12.9. The Morgan fingerprint density at radius 3 is 2.53 bits per heavy atom. The number of carbonyl (C=O) groups excluding carboxylic acids is 1. The Morgan fingerprint density at radius 1 is 1.16 bits per heavy atom. The molecule has 0 aromatic rings. The molecule has 3 fully saturated rings. The molecule has 3 rings (SSSR count). The lowest BCUT2D eigenvalue weighted by atomic mass is 9.86. The molecule has 3 aliphatic rings. The van der Waals surface area contributed by atoms with E-state index in [0.717, 1.165) is 12.3 Å². The van der Waals surface area contributed by atoms with Gasteiger partial charge in [0.05, 0.1) is 6.10 Å². The van der Waals surface area contributed by atoms with Gasteiger partial charge in [0.25, 0.3) is 0 Å². The summed E-state index contributed by atoms with van der Waals surface area (Å²) in [5.74, 6) is 0.824. The number of nitrogens with zero attached hydrogens (tertiary/aromatic N) is 1. The fourth-order valence-electron chi connectivity index (χ4n) is 4.29. The number of carboxylic acids is 1. The average molecular weight is 267 g/mol. The van der Waals surface area contributed by atoms with E-state index in [-0.39, 0.29) is 18.9 Å². The van der Waals surface area contributed by atoms with Crippen molar-refractivity contribution in [2.45, 2.75) is 50.7 Å². The van der Waals surface area contributed by atoms with Crippen LogP contribution in [0.1, 0.15) is 38.5 Å². The molecule has 19 heavy (non-hydrogen) atoms. The predicted molar refractivity (Wildman–Crippen MR) is 67.3 cm³/mol. The van der Waals surface area contributed by atoms with Crippen molar-refractivity contribution in [3.05, 3.63) is 0 Å². The van der Waals surface area contributed by atoms with Crippen LogP contribution >= 0.6 is 0 Å². The zero-order valence-electron chi connectivity index (χ0n) is 11.0. The van der Waals surface area contributed by atoms with Crippen LogP contribution in [0, 0.1) is 17.8 Å². The molecule has 0 aromatic heterocycles. The number of hydrogen-bond acceptors (Lipinski definition) is 3. The summed E-state index contributed by atoms with van der Waals surface area (Å²) >= 11 is 0. The molecule has 3 unspecified atom stereocenters. The number of aliphatic carboxylic acids is 1. The van der Waals surface area contributed by atoms with E-state index in [2.05, 4.69) is 0 Å². The third-order valence-electron chi connectivity index (χ3n) is 5.21. The Bertz CT molecular complexity index is 397. The summed E-state index contributed by atoms with van der Waals surface area (Å²) in [7, 11) is 0. The molecule has 0 aromatic carbocycles. The molecule has 2 N–H and O–H groups in total. The number of β-amino-alcohol motifs (C(OH)–C–C–N with tert-alkyl or cyclic N) is 1. The Kier molecular flexibility index (Phi) is 3.25. The van der Waals surface area contributed by atoms with Gasteiger partial charge in [0, 0.05) is 19.4 Å². The third-order valence-corrected chi connectivity index (χ3v) is 5.21. The molecule has 2 aliphatic carbocycles. The van der Waals surface area contributed by atoms with Gasteiger partial charge < -0.3 is 15.1 Å². The summed E-state index contributed by atoms with van der Waals surface area (Å²) in [5, 5.41) is 18.7. The van der Waals surface area contributed by atoms with Crippen LogP contribution in [0.3, 0.4) is 0 Å². The lowest BCUT2D eigenvalue weighted by Crippen LogP contribution is -2.41. The Morgan fingerprint density at radius 2 is 1.95 bits per heavy atom. The topological polar surface area (TPSA) is 77.8 Å². The van der Waals surface area contributed by atoms with Crippen molar-refractivity contribution in [1.29, 1.82) is 0 Å². The normalized spacial score (nSPS) is 40.9. The highest BCUT2D eigenvalue weighted by molar-refractivity contribution is 5.84. The van der Waals surface area contributed by atoms with E-state index in [0.29, 0.717) is 18.3 Å². The van der Waals surface area contributed by atoms with E-state index in [1.54, 1.807) is 0 Å². The van der Waals surface area contributed by atoms with Gasteiger partial charge >= 0.3 is 5.97 Å². The lowest BCUT2D eigenvalue weighted by Gasteiger charge is -2.26. The fourth-order valence-corrected chi connectivity index (χ4v) is 4.29. The molecule has 5 nitrogen and oxygen atoms in total. The predicted octanol–water partition coefficient (Wildman–Crippen LogP) is 0.859. The molecule has 1 heterocycles. The number of fused-ring (bicyclic) bond motifs is 2. The Labute approximate surface area is 112 Å². The van der Waals surface area contributed by atoms with Gasteiger partial charge in [-0.3, -0.25) is 4.79 Å². The Balaban J connectivity index is 1.62. The number of carboxylic acid groups (broad SMARTS) is 1. The minimum atomic E-state index is -1.00. The van der Waals surface area contributed by atoms with Crippen molar-refractivity contribution in [3.63, 3.8) is 0 Å². The van der Waals surface area contributed by atoms with Crippen molar-refractivity contribution in [2.75, 3.05) is 6.54 Å². The van der Waals surface area contributed by atoms with Crippen LogP contribution in [0.15, 0.2) is 0 Å². The maximum Gasteiger partial charge on any atom is 0.326 e. The Hall–Kier alpha value is -1.10. The second-order valence-corrected chi connectivity index (χ2v) is 6.43. The van der Waals surface area contributed by atoms with Crippen LogP contribution in [0.25, 0.3) is 0 Å².